The molecule has 0 aliphatic carbocycles. The fourth-order valence-corrected chi connectivity index (χ4v) is 2.05. The van der Waals surface area contributed by atoms with E-state index in [1.165, 1.54) is 0 Å². The first kappa shape index (κ1) is 12.4. The van der Waals surface area contributed by atoms with Crippen molar-refractivity contribution in [1.29, 1.82) is 0 Å². The summed E-state index contributed by atoms with van der Waals surface area (Å²) in [5.41, 5.74) is 7.28. The molecule has 0 unspecified atom stereocenters. The van der Waals surface area contributed by atoms with Gasteiger partial charge >= 0.3 is 0 Å². The van der Waals surface area contributed by atoms with Gasteiger partial charge in [-0.05, 0) is 56.1 Å². The van der Waals surface area contributed by atoms with Gasteiger partial charge in [0.15, 0.2) is 5.75 Å². The second kappa shape index (κ2) is 5.51. The van der Waals surface area contributed by atoms with E-state index in [4.69, 9.17) is 10.5 Å². The largest absolute Gasteiger partial charge is 0.484 e. The second-order valence-corrected chi connectivity index (χ2v) is 5.18. The van der Waals surface area contributed by atoms with Crippen molar-refractivity contribution in [3.63, 3.8) is 0 Å². The Balaban J connectivity index is 2.10. The van der Waals surface area contributed by atoms with Gasteiger partial charge < -0.3 is 10.5 Å². The van der Waals surface area contributed by atoms with Crippen molar-refractivity contribution in [3.8, 4) is 5.75 Å². The van der Waals surface area contributed by atoms with Gasteiger partial charge in [-0.15, -0.1) is 0 Å². The summed E-state index contributed by atoms with van der Waals surface area (Å²) in [6, 6.07) is 9.38. The van der Waals surface area contributed by atoms with Crippen molar-refractivity contribution in [3.05, 3.63) is 51.2 Å². The van der Waals surface area contributed by atoms with Crippen LogP contribution in [0.25, 0.3) is 0 Å². The molecule has 0 spiro atoms. The van der Waals surface area contributed by atoms with E-state index in [-0.39, 0.29) is 0 Å². The van der Waals surface area contributed by atoms with Crippen molar-refractivity contribution in [2.75, 3.05) is 5.73 Å². The van der Waals surface area contributed by atoms with Crippen LogP contribution in [0.15, 0.2) is 45.5 Å². The number of nitrogens with two attached hydrogens (primary N) is 1. The monoisotopic (exact) mass is 356 g/mol. The Labute approximate surface area is 116 Å². The third-order valence-electron chi connectivity index (χ3n) is 2.15. The molecule has 0 amide bonds. The molecular formula is C12H10Br2N2O. The van der Waals surface area contributed by atoms with Crippen LogP contribution in [0.1, 0.15) is 5.69 Å². The highest BCUT2D eigenvalue weighted by molar-refractivity contribution is 9.10. The van der Waals surface area contributed by atoms with Gasteiger partial charge in [-0.25, -0.2) is 0 Å². The van der Waals surface area contributed by atoms with Crippen molar-refractivity contribution in [2.45, 2.75) is 6.61 Å². The van der Waals surface area contributed by atoms with E-state index in [1.807, 2.05) is 24.3 Å². The number of halogens is 2. The van der Waals surface area contributed by atoms with Crippen molar-refractivity contribution in [2.24, 2.45) is 0 Å². The molecule has 1 heterocycles. The molecule has 0 bridgehead atoms. The number of hydrogen-bond donors (Lipinski definition) is 1. The maximum absolute atomic E-state index is 5.83. The van der Waals surface area contributed by atoms with E-state index in [0.29, 0.717) is 18.0 Å². The molecule has 0 atom stereocenters. The molecule has 1 aromatic carbocycles. The van der Waals surface area contributed by atoms with Gasteiger partial charge in [0.1, 0.15) is 6.61 Å². The minimum Gasteiger partial charge on any atom is -0.484 e. The SMILES string of the molecule is Nc1cccc(Br)c1OCc1ccc(Br)cn1. The molecule has 1 aromatic heterocycles. The van der Waals surface area contributed by atoms with Crippen molar-refractivity contribution < 1.29 is 4.74 Å². The molecule has 0 fully saturated rings. The number of nitrogens with zero attached hydrogens (tertiary/aromatic N) is 1. The number of ether oxygens (including phenoxy) is 1. The van der Waals surface area contributed by atoms with Crippen LogP contribution in [-0.2, 0) is 6.61 Å². The zero-order chi connectivity index (χ0) is 12.3. The zero-order valence-electron chi connectivity index (χ0n) is 8.86. The van der Waals surface area contributed by atoms with E-state index >= 15 is 0 Å². The lowest BCUT2D eigenvalue weighted by Crippen LogP contribution is -2.01. The maximum atomic E-state index is 5.83. The van der Waals surface area contributed by atoms with Crippen LogP contribution >= 0.6 is 31.9 Å². The molecule has 0 saturated heterocycles. The van der Waals surface area contributed by atoms with E-state index in [2.05, 4.69) is 36.8 Å². The highest BCUT2D eigenvalue weighted by Gasteiger charge is 2.05. The molecule has 0 aliphatic rings. The number of hydrogen-bond acceptors (Lipinski definition) is 3. The summed E-state index contributed by atoms with van der Waals surface area (Å²) >= 11 is 6.73. The maximum Gasteiger partial charge on any atom is 0.156 e. The number of aromatic nitrogens is 1. The molecule has 2 N–H and O–H groups in total. The highest BCUT2D eigenvalue weighted by atomic mass is 79.9. The first-order valence-electron chi connectivity index (χ1n) is 4.94. The van der Waals surface area contributed by atoms with Crippen molar-refractivity contribution in [1.82, 2.24) is 4.98 Å². The van der Waals surface area contributed by atoms with Crippen LogP contribution in [0.2, 0.25) is 0 Å². The van der Waals surface area contributed by atoms with Gasteiger partial charge in [-0.1, -0.05) is 6.07 Å². The minimum atomic E-state index is 0.389. The third kappa shape index (κ3) is 3.20. The second-order valence-electron chi connectivity index (χ2n) is 3.41. The Morgan fingerprint density at radius 1 is 1.18 bits per heavy atom. The lowest BCUT2D eigenvalue weighted by Gasteiger charge is -2.10. The topological polar surface area (TPSA) is 48.1 Å². The van der Waals surface area contributed by atoms with E-state index in [0.717, 1.165) is 14.6 Å². The van der Waals surface area contributed by atoms with Gasteiger partial charge in [-0.2, -0.15) is 0 Å². The fourth-order valence-electron chi connectivity index (χ4n) is 1.32. The Hall–Kier alpha value is -1.07. The molecule has 2 aromatic rings. The standard InChI is InChI=1S/C12H10Br2N2O/c13-8-4-5-9(16-6-8)7-17-12-10(14)2-1-3-11(12)15/h1-6H,7,15H2. The lowest BCUT2D eigenvalue weighted by molar-refractivity contribution is 0.301. The van der Waals surface area contributed by atoms with E-state index in [1.54, 1.807) is 12.3 Å². The van der Waals surface area contributed by atoms with Gasteiger partial charge in [-0.3, -0.25) is 4.98 Å². The highest BCUT2D eigenvalue weighted by Crippen LogP contribution is 2.31. The number of nitrogen functional groups attached to an aromatic ring is 1. The number of pyridine rings is 1. The van der Waals surface area contributed by atoms with Gasteiger partial charge in [0, 0.05) is 10.7 Å². The van der Waals surface area contributed by atoms with Crippen molar-refractivity contribution >= 4 is 37.5 Å². The summed E-state index contributed by atoms with van der Waals surface area (Å²) in [5, 5.41) is 0. The van der Waals surface area contributed by atoms with Gasteiger partial charge in [0.25, 0.3) is 0 Å². The van der Waals surface area contributed by atoms with Crippen LogP contribution in [0.5, 0.6) is 5.75 Å². The average molecular weight is 358 g/mol. The summed E-state index contributed by atoms with van der Waals surface area (Å²) in [6.07, 6.45) is 1.74. The summed E-state index contributed by atoms with van der Waals surface area (Å²) in [7, 11) is 0. The first-order chi connectivity index (χ1) is 8.16. The van der Waals surface area contributed by atoms with Gasteiger partial charge in [0.05, 0.1) is 15.9 Å². The molecule has 88 valence electrons. The number of benzene rings is 1. The quantitative estimate of drug-likeness (QED) is 0.850. The Morgan fingerprint density at radius 2 is 2.00 bits per heavy atom. The Bertz CT molecular complexity index is 494. The first-order valence-corrected chi connectivity index (χ1v) is 6.52. The van der Waals surface area contributed by atoms with Crippen LogP contribution < -0.4 is 10.5 Å². The Morgan fingerprint density at radius 3 is 2.65 bits per heavy atom. The predicted molar refractivity (Wildman–Crippen MR) is 74.8 cm³/mol. The third-order valence-corrected chi connectivity index (χ3v) is 3.24. The molecule has 0 aliphatic heterocycles. The molecule has 17 heavy (non-hydrogen) atoms. The number of para-hydroxylation sites is 1. The molecule has 3 nitrogen and oxygen atoms in total. The smallest absolute Gasteiger partial charge is 0.156 e. The summed E-state index contributed by atoms with van der Waals surface area (Å²) in [5.74, 6) is 0.650. The lowest BCUT2D eigenvalue weighted by atomic mass is 10.3. The predicted octanol–water partition coefficient (Wildman–Crippen LogP) is 3.77. The fraction of sp³-hybridized carbons (Fsp3) is 0.0833. The molecule has 0 saturated carbocycles. The number of rotatable bonds is 3. The molecule has 0 radical (unpaired) electrons. The van der Waals surface area contributed by atoms with Crippen LogP contribution in [0.3, 0.4) is 0 Å². The summed E-state index contributed by atoms with van der Waals surface area (Å²) in [4.78, 5) is 4.22. The van der Waals surface area contributed by atoms with Crippen LogP contribution in [-0.4, -0.2) is 4.98 Å². The zero-order valence-corrected chi connectivity index (χ0v) is 12.0. The summed E-state index contributed by atoms with van der Waals surface area (Å²) in [6.45, 7) is 0.389. The van der Waals surface area contributed by atoms with E-state index < -0.39 is 0 Å². The molecule has 5 heteroatoms. The van der Waals surface area contributed by atoms with Crippen LogP contribution in [0.4, 0.5) is 5.69 Å². The average Bonchev–Trinajstić information content (AvgIpc) is 2.31. The van der Waals surface area contributed by atoms with E-state index in [9.17, 15) is 0 Å². The Kier molecular flexibility index (Phi) is 4.02. The van der Waals surface area contributed by atoms with Crippen LogP contribution in [0, 0.1) is 0 Å². The normalized spacial score (nSPS) is 10.2. The molecular weight excluding hydrogens is 348 g/mol. The number of anilines is 1. The summed E-state index contributed by atoms with van der Waals surface area (Å²) < 4.78 is 7.43. The van der Waals surface area contributed by atoms with Gasteiger partial charge in [0.2, 0.25) is 0 Å². The molecule has 2 rings (SSSR count). The minimum absolute atomic E-state index is 0.389.